The van der Waals surface area contributed by atoms with Gasteiger partial charge in [0, 0.05) is 29.1 Å². The Balaban J connectivity index is 1.40. The summed E-state index contributed by atoms with van der Waals surface area (Å²) in [6.07, 6.45) is 0.632. The number of carbonyl (C=O) groups excluding carboxylic acids is 2. The highest BCUT2D eigenvalue weighted by Gasteiger charge is 2.45. The summed E-state index contributed by atoms with van der Waals surface area (Å²) in [5.41, 5.74) is 1.19. The van der Waals surface area contributed by atoms with E-state index in [1.54, 1.807) is 23.6 Å². The first-order chi connectivity index (χ1) is 18.3. The molecule has 3 aromatic rings. The second-order valence-corrected chi connectivity index (χ2v) is 10.2. The van der Waals surface area contributed by atoms with Crippen LogP contribution in [0, 0.1) is 5.92 Å². The first kappa shape index (κ1) is 23.2. The highest BCUT2D eigenvalue weighted by molar-refractivity contribution is 5.92. The molecule has 4 aliphatic rings. The summed E-state index contributed by atoms with van der Waals surface area (Å²) >= 11 is 0. The van der Waals surface area contributed by atoms with Crippen LogP contribution in [0.2, 0.25) is 0 Å². The molecule has 1 unspecified atom stereocenters. The maximum Gasteiger partial charge on any atom is 0.343 e. The predicted molar refractivity (Wildman–Crippen MR) is 131 cm³/mol. The van der Waals surface area contributed by atoms with Crippen molar-refractivity contribution in [1.29, 1.82) is 0 Å². The van der Waals surface area contributed by atoms with Crippen LogP contribution in [0.4, 0.5) is 0 Å². The van der Waals surface area contributed by atoms with Gasteiger partial charge in [-0.15, -0.1) is 0 Å². The van der Waals surface area contributed by atoms with Gasteiger partial charge in [-0.2, -0.15) is 0 Å². The number of ether oxygens (including phenoxy) is 3. The van der Waals surface area contributed by atoms with E-state index >= 15 is 0 Å². The molecule has 1 fully saturated rings. The molecule has 0 spiro atoms. The maximum atomic E-state index is 13.6. The molecule has 11 heteroatoms. The second-order valence-electron chi connectivity index (χ2n) is 10.2. The van der Waals surface area contributed by atoms with Crippen LogP contribution in [0.25, 0.3) is 22.3 Å². The van der Waals surface area contributed by atoms with Crippen molar-refractivity contribution in [2.45, 2.75) is 57.6 Å². The number of aliphatic hydroxyl groups excluding tert-OH is 1. The first-order valence-electron chi connectivity index (χ1n) is 12.7. The molecule has 1 saturated carbocycles. The number of pyridine rings is 2. The minimum Gasteiger partial charge on any atom is -0.458 e. The Labute approximate surface area is 216 Å². The fourth-order valence-electron chi connectivity index (χ4n) is 5.66. The highest BCUT2D eigenvalue weighted by Crippen LogP contribution is 2.43. The predicted octanol–water partition coefficient (Wildman–Crippen LogP) is 1.20. The molecule has 5 heterocycles. The first-order valence-corrected chi connectivity index (χ1v) is 12.7. The summed E-state index contributed by atoms with van der Waals surface area (Å²) in [6, 6.07) is 5.21. The zero-order valence-corrected chi connectivity index (χ0v) is 20.6. The Hall–Kier alpha value is -3.96. The van der Waals surface area contributed by atoms with Gasteiger partial charge in [0.2, 0.25) is 12.7 Å². The molecular formula is C27H25N3O8. The van der Waals surface area contributed by atoms with Crippen molar-refractivity contribution in [3.8, 4) is 22.9 Å². The standard InChI is InChI=1S/C27H25N3O8/c1-2-27(35)17-6-19-22-15(9-30(19)25(33)16(17)10-36-26(27)34)14(8-28-24(32)23(31)12-3-4-12)13-5-20-21(38-11-37-20)7-18(13)29-22/h5-7,12,23,31,35H,2-4,8-11H2,1H3,(H,28,32)/t23?,27-/m0/s1. The third-order valence-electron chi connectivity index (χ3n) is 8.08. The van der Waals surface area contributed by atoms with Gasteiger partial charge in [0.05, 0.1) is 29.0 Å². The average Bonchev–Trinajstić information content (AvgIpc) is 3.56. The highest BCUT2D eigenvalue weighted by atomic mass is 16.7. The summed E-state index contributed by atoms with van der Waals surface area (Å²) in [7, 11) is 0. The Morgan fingerprint density at radius 2 is 1.95 bits per heavy atom. The van der Waals surface area contributed by atoms with E-state index in [0.717, 1.165) is 29.4 Å². The van der Waals surface area contributed by atoms with E-state index in [-0.39, 0.29) is 55.5 Å². The SMILES string of the molecule is CC[C@@]1(O)C(=O)OCc2c1cc1n(c2=O)Cc2c-1nc1cc3c(cc1c2CNC(=O)C(O)C1CC1)OCO3. The van der Waals surface area contributed by atoms with E-state index in [9.17, 15) is 24.6 Å². The number of hydrogen-bond donors (Lipinski definition) is 3. The van der Waals surface area contributed by atoms with E-state index < -0.39 is 23.6 Å². The number of aliphatic hydroxyl groups is 2. The summed E-state index contributed by atoms with van der Waals surface area (Å²) < 4.78 is 17.8. The van der Waals surface area contributed by atoms with Crippen LogP contribution in [-0.2, 0) is 39.6 Å². The summed E-state index contributed by atoms with van der Waals surface area (Å²) in [5, 5.41) is 25.0. The van der Waals surface area contributed by atoms with Gasteiger partial charge in [-0.3, -0.25) is 9.59 Å². The lowest BCUT2D eigenvalue weighted by atomic mass is 9.86. The molecule has 38 heavy (non-hydrogen) atoms. The number of nitrogens with zero attached hydrogens (tertiary/aromatic N) is 2. The number of amides is 1. The molecular weight excluding hydrogens is 494 g/mol. The third kappa shape index (κ3) is 3.21. The fraction of sp³-hybridized carbons (Fsp3) is 0.407. The van der Waals surface area contributed by atoms with Crippen molar-refractivity contribution >= 4 is 22.8 Å². The Bertz CT molecular complexity index is 1630. The monoisotopic (exact) mass is 519 g/mol. The molecule has 2 aromatic heterocycles. The molecule has 11 nitrogen and oxygen atoms in total. The van der Waals surface area contributed by atoms with Crippen LogP contribution >= 0.6 is 0 Å². The normalized spacial score (nSPS) is 21.5. The lowest BCUT2D eigenvalue weighted by molar-refractivity contribution is -0.172. The van der Waals surface area contributed by atoms with Crippen molar-refractivity contribution in [1.82, 2.24) is 14.9 Å². The van der Waals surface area contributed by atoms with Crippen LogP contribution in [0.1, 0.15) is 48.4 Å². The zero-order chi connectivity index (χ0) is 26.3. The number of rotatable bonds is 5. The van der Waals surface area contributed by atoms with E-state index in [4.69, 9.17) is 19.2 Å². The molecule has 0 saturated heterocycles. The van der Waals surface area contributed by atoms with Crippen molar-refractivity contribution in [2.24, 2.45) is 5.92 Å². The number of hydrogen-bond acceptors (Lipinski definition) is 9. The van der Waals surface area contributed by atoms with Gasteiger partial charge in [0.1, 0.15) is 12.7 Å². The molecule has 196 valence electrons. The molecule has 2 atom stereocenters. The number of fused-ring (bicyclic) bond motifs is 6. The largest absolute Gasteiger partial charge is 0.458 e. The number of esters is 1. The van der Waals surface area contributed by atoms with Crippen molar-refractivity contribution in [3.63, 3.8) is 0 Å². The van der Waals surface area contributed by atoms with Crippen molar-refractivity contribution in [3.05, 3.63) is 50.8 Å². The van der Waals surface area contributed by atoms with Gasteiger partial charge in [-0.05, 0) is 42.9 Å². The maximum absolute atomic E-state index is 13.6. The van der Waals surface area contributed by atoms with Gasteiger partial charge in [-0.1, -0.05) is 6.92 Å². The van der Waals surface area contributed by atoms with Crippen LogP contribution in [0.3, 0.4) is 0 Å². The molecule has 0 radical (unpaired) electrons. The van der Waals surface area contributed by atoms with Gasteiger partial charge >= 0.3 is 5.97 Å². The fourth-order valence-corrected chi connectivity index (χ4v) is 5.66. The molecule has 3 N–H and O–H groups in total. The van der Waals surface area contributed by atoms with Crippen LogP contribution in [-0.4, -0.2) is 44.5 Å². The summed E-state index contributed by atoms with van der Waals surface area (Å²) in [5.74, 6) is -0.157. The number of benzene rings is 1. The van der Waals surface area contributed by atoms with E-state index in [1.165, 1.54) is 0 Å². The number of aromatic nitrogens is 2. The van der Waals surface area contributed by atoms with Crippen molar-refractivity contribution < 1.29 is 34.0 Å². The molecule has 1 amide bonds. The minimum atomic E-state index is -1.93. The quantitative estimate of drug-likeness (QED) is 0.331. The topological polar surface area (TPSA) is 149 Å². The summed E-state index contributed by atoms with van der Waals surface area (Å²) in [6.45, 7) is 1.81. The molecule has 1 aromatic carbocycles. The number of cyclic esters (lactones) is 1. The zero-order valence-electron chi connectivity index (χ0n) is 20.6. The van der Waals surface area contributed by atoms with Crippen LogP contribution < -0.4 is 20.3 Å². The number of carbonyl (C=O) groups is 2. The van der Waals surface area contributed by atoms with Gasteiger partial charge in [0.15, 0.2) is 17.1 Å². The average molecular weight is 520 g/mol. The molecule has 1 aliphatic carbocycles. The molecule has 7 rings (SSSR count). The molecule has 0 bridgehead atoms. The van der Waals surface area contributed by atoms with Gasteiger partial charge < -0.3 is 34.3 Å². The van der Waals surface area contributed by atoms with Gasteiger partial charge in [-0.25, -0.2) is 9.78 Å². The smallest absolute Gasteiger partial charge is 0.343 e. The third-order valence-corrected chi connectivity index (χ3v) is 8.08. The lowest BCUT2D eigenvalue weighted by Gasteiger charge is -2.31. The van der Waals surface area contributed by atoms with E-state index in [1.807, 2.05) is 6.07 Å². The molecule has 3 aliphatic heterocycles. The minimum absolute atomic E-state index is 0.0138. The number of nitrogens with one attached hydrogen (secondary N) is 1. The Kier molecular flexibility index (Phi) is 4.89. The Morgan fingerprint density at radius 3 is 2.68 bits per heavy atom. The van der Waals surface area contributed by atoms with E-state index in [0.29, 0.717) is 28.4 Å². The van der Waals surface area contributed by atoms with Gasteiger partial charge in [0.25, 0.3) is 5.56 Å². The second kappa shape index (κ2) is 8.02. The Morgan fingerprint density at radius 1 is 1.18 bits per heavy atom. The summed E-state index contributed by atoms with van der Waals surface area (Å²) in [4.78, 5) is 43.6. The van der Waals surface area contributed by atoms with Crippen LogP contribution in [0.5, 0.6) is 11.5 Å². The van der Waals surface area contributed by atoms with Crippen LogP contribution in [0.15, 0.2) is 23.0 Å². The van der Waals surface area contributed by atoms with Crippen molar-refractivity contribution in [2.75, 3.05) is 6.79 Å². The lowest BCUT2D eigenvalue weighted by Crippen LogP contribution is -2.44. The van der Waals surface area contributed by atoms with E-state index in [2.05, 4.69) is 5.32 Å².